The molecule has 0 radical (unpaired) electrons. The number of thioether (sulfide) groups is 1. The van der Waals surface area contributed by atoms with Crippen molar-refractivity contribution in [2.24, 2.45) is 5.92 Å². The number of aromatic nitrogens is 2. The van der Waals surface area contributed by atoms with Gasteiger partial charge in [-0.15, -0.1) is 0 Å². The zero-order chi connectivity index (χ0) is 25.5. The van der Waals surface area contributed by atoms with Crippen LogP contribution in [0.4, 0.5) is 4.39 Å². The molecule has 1 fully saturated rings. The van der Waals surface area contributed by atoms with Crippen LogP contribution in [-0.4, -0.2) is 39.5 Å². The van der Waals surface area contributed by atoms with Crippen LogP contribution in [0.3, 0.4) is 0 Å². The molecule has 2 aromatic carbocycles. The fourth-order valence-electron chi connectivity index (χ4n) is 4.70. The van der Waals surface area contributed by atoms with Crippen LogP contribution < -0.4 is 0 Å². The van der Waals surface area contributed by atoms with E-state index in [0.717, 1.165) is 72.5 Å². The predicted molar refractivity (Wildman–Crippen MR) is 144 cm³/mol. The third kappa shape index (κ3) is 6.31. The van der Waals surface area contributed by atoms with Gasteiger partial charge in [-0.2, -0.15) is 16.9 Å². The Morgan fingerprint density at radius 3 is 2.67 bits per heavy atom. The highest BCUT2D eigenvalue weighted by atomic mass is 35.5. The molecule has 4 rings (SSSR count). The zero-order valence-corrected chi connectivity index (χ0v) is 21.8. The fourth-order valence-corrected chi connectivity index (χ4v) is 5.27. The van der Waals surface area contributed by atoms with Gasteiger partial charge < -0.3 is 9.84 Å². The quantitative estimate of drug-likeness (QED) is 0.284. The minimum atomic E-state index is -0.974. The van der Waals surface area contributed by atoms with Gasteiger partial charge in [0.25, 0.3) is 0 Å². The minimum Gasteiger partial charge on any atom is -0.490 e. The second-order valence-electron chi connectivity index (χ2n) is 8.99. The number of hydrogen-bond acceptors (Lipinski definition) is 4. The first-order valence-electron chi connectivity index (χ1n) is 12.1. The van der Waals surface area contributed by atoms with Crippen molar-refractivity contribution < 1.29 is 19.0 Å². The summed E-state index contributed by atoms with van der Waals surface area (Å²) in [4.78, 5) is 10.7. The monoisotopic (exact) mass is 528 g/mol. The first kappa shape index (κ1) is 26.3. The molecule has 3 aromatic rings. The Bertz CT molecular complexity index is 1220. The Balaban J connectivity index is 1.67. The number of halogens is 2. The SMILES string of the molecule is CSCCc1c(-c2cccc(Cl)c2F)c(-c2ccccc2)nn1CC1CCC(=COCC(=O)O)CC1. The normalized spacial score (nSPS) is 15.6. The highest BCUT2D eigenvalue weighted by Crippen LogP contribution is 2.39. The lowest BCUT2D eigenvalue weighted by atomic mass is 9.86. The Morgan fingerprint density at radius 1 is 1.22 bits per heavy atom. The van der Waals surface area contributed by atoms with Crippen molar-refractivity contribution in [2.45, 2.75) is 38.6 Å². The molecular formula is C28H30ClFN2O3S. The van der Waals surface area contributed by atoms with E-state index >= 15 is 4.39 Å². The van der Waals surface area contributed by atoms with Gasteiger partial charge in [0.2, 0.25) is 0 Å². The lowest BCUT2D eigenvalue weighted by Crippen LogP contribution is -2.18. The lowest BCUT2D eigenvalue weighted by Gasteiger charge is -2.24. The van der Waals surface area contributed by atoms with Gasteiger partial charge in [-0.3, -0.25) is 4.68 Å². The van der Waals surface area contributed by atoms with Crippen molar-refractivity contribution in [2.75, 3.05) is 18.6 Å². The number of aliphatic carboxylic acids is 1. The summed E-state index contributed by atoms with van der Waals surface area (Å²) in [6.45, 7) is 0.430. The standard InChI is InChI=1S/C28H30ClFN2O3S/c1-36-15-14-24-26(22-8-5-9-23(29)27(22)30)28(21-6-3-2-4-7-21)31-32(24)16-19-10-12-20(13-11-19)17-35-18-25(33)34/h2-9,17,19H,10-16,18H2,1H3,(H,33,34). The van der Waals surface area contributed by atoms with Crippen molar-refractivity contribution in [3.63, 3.8) is 0 Å². The number of carboxylic acid groups (broad SMARTS) is 1. The van der Waals surface area contributed by atoms with Crippen LogP contribution in [0.2, 0.25) is 5.02 Å². The Labute approximate surface area is 220 Å². The van der Waals surface area contributed by atoms with E-state index in [4.69, 9.17) is 26.5 Å². The van der Waals surface area contributed by atoms with Gasteiger partial charge >= 0.3 is 5.97 Å². The number of nitrogens with zero attached hydrogens (tertiary/aromatic N) is 2. The fraction of sp³-hybridized carbons (Fsp3) is 0.357. The molecule has 1 aliphatic carbocycles. The van der Waals surface area contributed by atoms with Gasteiger partial charge in [0.15, 0.2) is 6.61 Å². The maximum atomic E-state index is 15.3. The average Bonchev–Trinajstić information content (AvgIpc) is 3.23. The molecule has 0 unspecified atom stereocenters. The van der Waals surface area contributed by atoms with Crippen LogP contribution >= 0.6 is 23.4 Å². The maximum Gasteiger partial charge on any atom is 0.341 e. The summed E-state index contributed by atoms with van der Waals surface area (Å²) in [5.74, 6) is -0.0865. The van der Waals surface area contributed by atoms with Crippen LogP contribution in [0.1, 0.15) is 31.4 Å². The molecule has 8 heteroatoms. The van der Waals surface area contributed by atoms with Crippen molar-refractivity contribution in [3.05, 3.63) is 76.9 Å². The van der Waals surface area contributed by atoms with Crippen molar-refractivity contribution >= 4 is 29.3 Å². The number of rotatable bonds is 10. The van der Waals surface area contributed by atoms with E-state index in [1.165, 1.54) is 0 Å². The van der Waals surface area contributed by atoms with Crippen LogP contribution in [0.5, 0.6) is 0 Å². The van der Waals surface area contributed by atoms with E-state index in [1.54, 1.807) is 36.2 Å². The van der Waals surface area contributed by atoms with E-state index in [2.05, 4.69) is 10.9 Å². The number of ether oxygens (including phenoxy) is 1. The molecule has 0 bridgehead atoms. The van der Waals surface area contributed by atoms with Gasteiger partial charge in [0, 0.05) is 28.9 Å². The summed E-state index contributed by atoms with van der Waals surface area (Å²) in [5.41, 5.74) is 5.17. The van der Waals surface area contributed by atoms with Crippen LogP contribution in [0.15, 0.2) is 60.4 Å². The van der Waals surface area contributed by atoms with Gasteiger partial charge in [0.1, 0.15) is 11.5 Å². The molecule has 1 aromatic heterocycles. The molecule has 1 aliphatic rings. The second kappa shape index (κ2) is 12.5. The van der Waals surface area contributed by atoms with E-state index in [1.807, 2.05) is 30.3 Å². The topological polar surface area (TPSA) is 64.4 Å². The molecule has 0 amide bonds. The Kier molecular flexibility index (Phi) is 9.10. The molecular weight excluding hydrogens is 499 g/mol. The molecule has 36 heavy (non-hydrogen) atoms. The molecule has 190 valence electrons. The van der Waals surface area contributed by atoms with Crippen LogP contribution in [-0.2, 0) is 22.5 Å². The second-order valence-corrected chi connectivity index (χ2v) is 10.4. The molecule has 0 spiro atoms. The molecule has 0 atom stereocenters. The third-order valence-electron chi connectivity index (χ3n) is 6.50. The van der Waals surface area contributed by atoms with Gasteiger partial charge in [-0.05, 0) is 61.7 Å². The van der Waals surface area contributed by atoms with E-state index in [9.17, 15) is 4.79 Å². The van der Waals surface area contributed by atoms with Gasteiger partial charge in [-0.25, -0.2) is 9.18 Å². The summed E-state index contributed by atoms with van der Waals surface area (Å²) >= 11 is 7.95. The molecule has 5 nitrogen and oxygen atoms in total. The summed E-state index contributed by atoms with van der Waals surface area (Å²) in [5, 5.41) is 13.9. The maximum absolute atomic E-state index is 15.3. The Hall–Kier alpha value is -2.77. The molecule has 0 aliphatic heterocycles. The summed E-state index contributed by atoms with van der Waals surface area (Å²) < 4.78 is 22.6. The van der Waals surface area contributed by atoms with E-state index < -0.39 is 11.8 Å². The first-order chi connectivity index (χ1) is 17.5. The highest BCUT2D eigenvalue weighted by Gasteiger charge is 2.26. The van der Waals surface area contributed by atoms with Crippen LogP contribution in [0, 0.1) is 11.7 Å². The predicted octanol–water partition coefficient (Wildman–Crippen LogP) is 7.09. The Morgan fingerprint density at radius 2 is 1.97 bits per heavy atom. The van der Waals surface area contributed by atoms with Crippen molar-refractivity contribution in [1.82, 2.24) is 9.78 Å². The average molecular weight is 529 g/mol. The molecule has 1 N–H and O–H groups in total. The van der Waals surface area contributed by atoms with Crippen molar-refractivity contribution in [3.8, 4) is 22.4 Å². The zero-order valence-electron chi connectivity index (χ0n) is 20.3. The smallest absolute Gasteiger partial charge is 0.341 e. The molecule has 1 heterocycles. The minimum absolute atomic E-state index is 0.104. The highest BCUT2D eigenvalue weighted by molar-refractivity contribution is 7.98. The number of benzene rings is 2. The number of carboxylic acids is 1. The number of carbonyl (C=O) groups is 1. The summed E-state index contributed by atoms with van der Waals surface area (Å²) in [6.07, 6.45) is 8.11. The first-order valence-corrected chi connectivity index (χ1v) is 13.8. The number of hydrogen-bond donors (Lipinski definition) is 1. The summed E-state index contributed by atoms with van der Waals surface area (Å²) in [6, 6.07) is 15.0. The largest absolute Gasteiger partial charge is 0.490 e. The van der Waals surface area contributed by atoms with Gasteiger partial charge in [-0.1, -0.05) is 54.1 Å². The van der Waals surface area contributed by atoms with E-state index in [-0.39, 0.29) is 11.6 Å². The van der Waals surface area contributed by atoms with Crippen LogP contribution in [0.25, 0.3) is 22.4 Å². The van der Waals surface area contributed by atoms with Crippen molar-refractivity contribution in [1.29, 1.82) is 0 Å². The van der Waals surface area contributed by atoms with E-state index in [0.29, 0.717) is 11.5 Å². The van der Waals surface area contributed by atoms with Gasteiger partial charge in [0.05, 0.1) is 11.3 Å². The number of allylic oxidation sites excluding steroid dienone is 1. The third-order valence-corrected chi connectivity index (χ3v) is 7.41. The molecule has 1 saturated carbocycles. The molecule has 0 saturated heterocycles. The lowest BCUT2D eigenvalue weighted by molar-refractivity contribution is -0.140. The summed E-state index contributed by atoms with van der Waals surface area (Å²) in [7, 11) is 0.